The summed E-state index contributed by atoms with van der Waals surface area (Å²) in [6.45, 7) is 0.762. The van der Waals surface area contributed by atoms with E-state index in [1.807, 2.05) is 42.5 Å². The van der Waals surface area contributed by atoms with Crippen LogP contribution in [0.3, 0.4) is 0 Å². The maximum absolute atomic E-state index is 13.2. The molecule has 1 heterocycles. The predicted octanol–water partition coefficient (Wildman–Crippen LogP) is 6.37. The summed E-state index contributed by atoms with van der Waals surface area (Å²) in [6, 6.07) is 22.4. The first-order chi connectivity index (χ1) is 16.6. The van der Waals surface area contributed by atoms with Crippen LogP contribution in [0.4, 0.5) is 5.69 Å². The molecule has 3 aromatic carbocycles. The van der Waals surface area contributed by atoms with Crippen LogP contribution in [0.25, 0.3) is 22.0 Å². The fourth-order valence-corrected chi connectivity index (χ4v) is 4.72. The topological polar surface area (TPSA) is 65.2 Å². The molecule has 0 amide bonds. The normalized spacial score (nSPS) is 13.3. The molecule has 1 fully saturated rings. The summed E-state index contributed by atoms with van der Waals surface area (Å²) in [6.07, 6.45) is 6.43. The second kappa shape index (κ2) is 9.78. The largest absolute Gasteiger partial charge is 0.398 e. The Hall–Kier alpha value is -3.50. The molecule has 2 N–H and O–H groups in total. The van der Waals surface area contributed by atoms with Crippen LogP contribution in [0.1, 0.15) is 52.2 Å². The minimum Gasteiger partial charge on any atom is -0.398 e. The average Bonchev–Trinajstić information content (AvgIpc) is 3.71. The van der Waals surface area contributed by atoms with E-state index in [9.17, 15) is 4.79 Å². The molecule has 0 aliphatic heterocycles. The van der Waals surface area contributed by atoms with Crippen molar-refractivity contribution in [2.24, 2.45) is 0 Å². The number of pyridine rings is 1. The third-order valence-corrected chi connectivity index (χ3v) is 6.69. The number of rotatable bonds is 9. The lowest BCUT2D eigenvalue weighted by Gasteiger charge is -2.13. The van der Waals surface area contributed by atoms with Gasteiger partial charge in [0.1, 0.15) is 0 Å². The van der Waals surface area contributed by atoms with Gasteiger partial charge in [0, 0.05) is 43.0 Å². The van der Waals surface area contributed by atoms with E-state index < -0.39 is 0 Å². The number of Topliss-reactive ketones (excluding diaryl/α,β-unsaturated/α-hetero) is 1. The summed E-state index contributed by atoms with van der Waals surface area (Å²) in [4.78, 5) is 18.0. The van der Waals surface area contributed by atoms with Gasteiger partial charge in [0.2, 0.25) is 0 Å². The van der Waals surface area contributed by atoms with Gasteiger partial charge in [0.25, 0.3) is 0 Å². The fraction of sp³-hybridized carbons (Fsp3) is 0.267. The third kappa shape index (κ3) is 4.73. The molecule has 4 aromatic rings. The Morgan fingerprint density at radius 1 is 1.00 bits per heavy atom. The number of ether oxygens (including phenoxy) is 1. The predicted molar refractivity (Wildman–Crippen MR) is 138 cm³/mol. The van der Waals surface area contributed by atoms with E-state index >= 15 is 0 Å². The number of methoxy groups -OCH3 is 1. The van der Waals surface area contributed by atoms with Crippen LogP contribution < -0.4 is 5.73 Å². The number of carbonyl (C=O) groups excluding carboxylic acids is 1. The molecule has 1 saturated carbocycles. The Morgan fingerprint density at radius 3 is 2.59 bits per heavy atom. The molecule has 5 rings (SSSR count). The van der Waals surface area contributed by atoms with E-state index in [1.165, 1.54) is 24.0 Å². The van der Waals surface area contributed by atoms with Crippen molar-refractivity contribution in [3.05, 3.63) is 95.2 Å². The molecule has 0 radical (unpaired) electrons. The van der Waals surface area contributed by atoms with Gasteiger partial charge < -0.3 is 10.5 Å². The van der Waals surface area contributed by atoms with Crippen molar-refractivity contribution >= 4 is 22.4 Å². The maximum Gasteiger partial charge on any atom is 0.168 e. The Kier molecular flexibility index (Phi) is 6.41. The smallest absolute Gasteiger partial charge is 0.168 e. The lowest BCUT2D eigenvalue weighted by molar-refractivity contribution is 0.0993. The molecule has 0 saturated heterocycles. The molecule has 0 atom stereocenters. The van der Waals surface area contributed by atoms with E-state index in [1.54, 1.807) is 13.3 Å². The van der Waals surface area contributed by atoms with E-state index in [-0.39, 0.29) is 12.2 Å². The number of aromatic nitrogens is 1. The monoisotopic (exact) mass is 450 g/mol. The zero-order valence-corrected chi connectivity index (χ0v) is 19.6. The van der Waals surface area contributed by atoms with Crippen molar-refractivity contribution < 1.29 is 9.53 Å². The van der Waals surface area contributed by atoms with Gasteiger partial charge in [-0.05, 0) is 77.6 Å². The third-order valence-electron chi connectivity index (χ3n) is 6.69. The van der Waals surface area contributed by atoms with Gasteiger partial charge in [-0.25, -0.2) is 0 Å². The van der Waals surface area contributed by atoms with E-state index in [0.29, 0.717) is 17.2 Å². The summed E-state index contributed by atoms with van der Waals surface area (Å²) in [5.74, 6) is 0.624. The quantitative estimate of drug-likeness (QED) is 0.183. The number of fused-ring (bicyclic) bond motifs is 1. The zero-order valence-electron chi connectivity index (χ0n) is 19.6. The van der Waals surface area contributed by atoms with Crippen LogP contribution in [0.5, 0.6) is 0 Å². The van der Waals surface area contributed by atoms with Crippen molar-refractivity contribution in [1.82, 2.24) is 4.98 Å². The first kappa shape index (κ1) is 22.3. The Bertz CT molecular complexity index is 1330. The van der Waals surface area contributed by atoms with Crippen molar-refractivity contribution in [3.8, 4) is 11.1 Å². The first-order valence-electron chi connectivity index (χ1n) is 12.0. The van der Waals surface area contributed by atoms with Gasteiger partial charge in [-0.15, -0.1) is 0 Å². The summed E-state index contributed by atoms with van der Waals surface area (Å²) in [7, 11) is 1.74. The van der Waals surface area contributed by atoms with E-state index in [0.717, 1.165) is 47.0 Å². The molecule has 0 bridgehead atoms. The molecular formula is C30H30N2O2. The number of anilines is 1. The molecule has 34 heavy (non-hydrogen) atoms. The van der Waals surface area contributed by atoms with Gasteiger partial charge in [-0.3, -0.25) is 9.78 Å². The SMILES string of the molecule is COCCCc1ccc2cc(C(=O)Cc3cc(-c4ccccc4)ccc3N)cnc2c1C1CC1. The molecule has 1 aliphatic carbocycles. The number of hydrogen-bond donors (Lipinski definition) is 1. The number of carbonyl (C=O) groups is 1. The Balaban J connectivity index is 1.41. The molecular weight excluding hydrogens is 420 g/mol. The summed E-state index contributed by atoms with van der Waals surface area (Å²) >= 11 is 0. The average molecular weight is 451 g/mol. The minimum atomic E-state index is 0.0310. The number of hydrogen-bond acceptors (Lipinski definition) is 4. The number of ketones is 1. The van der Waals surface area contributed by atoms with Crippen LogP contribution in [-0.2, 0) is 17.6 Å². The standard InChI is InChI=1S/C30H30N2O2/c1-34-15-5-8-21-11-12-24-17-26(19-32-30(24)29(21)22-9-10-22)28(33)18-25-16-23(13-14-27(25)31)20-6-3-2-4-7-20/h2-4,6-7,11-14,16-17,19,22H,5,8-10,15,18,31H2,1H3. The van der Waals surface area contributed by atoms with Gasteiger partial charge >= 0.3 is 0 Å². The molecule has 1 aromatic heterocycles. The van der Waals surface area contributed by atoms with Crippen LogP contribution in [0.15, 0.2) is 72.9 Å². The fourth-order valence-electron chi connectivity index (χ4n) is 4.72. The highest BCUT2D eigenvalue weighted by atomic mass is 16.5. The number of aryl methyl sites for hydroxylation is 1. The molecule has 0 unspecified atom stereocenters. The van der Waals surface area contributed by atoms with Crippen LogP contribution in [-0.4, -0.2) is 24.5 Å². The number of benzene rings is 3. The van der Waals surface area contributed by atoms with Crippen LogP contribution >= 0.6 is 0 Å². The van der Waals surface area contributed by atoms with Crippen LogP contribution in [0, 0.1) is 0 Å². The lowest BCUT2D eigenvalue weighted by Crippen LogP contribution is -2.07. The second-order valence-electron chi connectivity index (χ2n) is 9.18. The molecule has 4 nitrogen and oxygen atoms in total. The van der Waals surface area contributed by atoms with Gasteiger partial charge in [-0.1, -0.05) is 48.5 Å². The van der Waals surface area contributed by atoms with Crippen LogP contribution in [0.2, 0.25) is 0 Å². The minimum absolute atomic E-state index is 0.0310. The second-order valence-corrected chi connectivity index (χ2v) is 9.18. The lowest BCUT2D eigenvalue weighted by atomic mass is 9.94. The molecule has 1 aliphatic rings. The molecule has 4 heteroatoms. The Morgan fingerprint density at radius 2 is 1.82 bits per heavy atom. The van der Waals surface area contributed by atoms with Gasteiger partial charge in [0.05, 0.1) is 5.52 Å². The van der Waals surface area contributed by atoms with Crippen molar-refractivity contribution in [3.63, 3.8) is 0 Å². The van der Waals surface area contributed by atoms with Gasteiger partial charge in [0.15, 0.2) is 5.78 Å². The maximum atomic E-state index is 13.2. The van der Waals surface area contributed by atoms with E-state index in [4.69, 9.17) is 15.5 Å². The first-order valence-corrected chi connectivity index (χ1v) is 12.0. The highest BCUT2D eigenvalue weighted by molar-refractivity contribution is 6.01. The molecule has 0 spiro atoms. The van der Waals surface area contributed by atoms with Crippen molar-refractivity contribution in [1.29, 1.82) is 0 Å². The van der Waals surface area contributed by atoms with E-state index in [2.05, 4.69) is 24.3 Å². The van der Waals surface area contributed by atoms with Gasteiger partial charge in [-0.2, -0.15) is 0 Å². The number of nitrogens with zero attached hydrogens (tertiary/aromatic N) is 1. The molecule has 172 valence electrons. The van der Waals surface area contributed by atoms with Crippen molar-refractivity contribution in [2.75, 3.05) is 19.5 Å². The summed E-state index contributed by atoms with van der Waals surface area (Å²) in [5, 5.41) is 1.04. The Labute approximate surface area is 200 Å². The summed E-state index contributed by atoms with van der Waals surface area (Å²) < 4.78 is 5.24. The van der Waals surface area contributed by atoms with Crippen molar-refractivity contribution in [2.45, 2.75) is 38.0 Å². The number of nitrogen functional groups attached to an aromatic ring is 1. The number of nitrogens with two attached hydrogens (primary N) is 1. The zero-order chi connectivity index (χ0) is 23.5. The highest BCUT2D eigenvalue weighted by Crippen LogP contribution is 2.44. The summed E-state index contributed by atoms with van der Waals surface area (Å²) in [5.41, 5.74) is 14.3. The highest BCUT2D eigenvalue weighted by Gasteiger charge is 2.28.